The lowest BCUT2D eigenvalue weighted by molar-refractivity contribution is 0.462. The van der Waals surface area contributed by atoms with Gasteiger partial charge >= 0.3 is 0 Å². The zero-order chi connectivity index (χ0) is 13.2. The number of benzene rings is 1. The minimum Gasteiger partial charge on any atom is -0.443 e. The predicted octanol–water partition coefficient (Wildman–Crippen LogP) is 5.27. The Morgan fingerprint density at radius 2 is 2.11 bits per heavy atom. The Hall–Kier alpha value is -1.10. The Kier molecular flexibility index (Phi) is 7.41. The van der Waals surface area contributed by atoms with Crippen molar-refractivity contribution in [1.29, 1.82) is 0 Å². The smallest absolute Gasteiger partial charge is 0.205 e. The van der Waals surface area contributed by atoms with Crippen molar-refractivity contribution >= 4 is 23.2 Å². The van der Waals surface area contributed by atoms with Gasteiger partial charge in [-0.05, 0) is 30.2 Å². The number of halogens is 2. The molecule has 0 heterocycles. The highest BCUT2D eigenvalue weighted by atomic mass is 35.5. The molecule has 0 aliphatic heterocycles. The van der Waals surface area contributed by atoms with E-state index in [0.29, 0.717) is 5.75 Å². The van der Waals surface area contributed by atoms with Crippen LogP contribution >= 0.6 is 23.2 Å². The summed E-state index contributed by atoms with van der Waals surface area (Å²) in [6.07, 6.45) is 4.46. The van der Waals surface area contributed by atoms with Gasteiger partial charge in [0.2, 0.25) is 5.22 Å². The van der Waals surface area contributed by atoms with Crippen LogP contribution in [0.4, 0.5) is 0 Å². The van der Waals surface area contributed by atoms with E-state index in [1.165, 1.54) is 18.4 Å². The zero-order valence-electron chi connectivity index (χ0n) is 10.4. The molecule has 96 valence electrons. The molecule has 0 aliphatic carbocycles. The van der Waals surface area contributed by atoms with Crippen LogP contribution in [0.25, 0.3) is 0 Å². The quantitative estimate of drug-likeness (QED) is 0.406. The molecule has 1 rings (SSSR count). The minimum atomic E-state index is 0.136. The summed E-state index contributed by atoms with van der Waals surface area (Å²) < 4.78 is 5.36. The first-order chi connectivity index (χ1) is 8.77. The average molecular weight is 283 g/mol. The van der Waals surface area contributed by atoms with Gasteiger partial charge < -0.3 is 4.74 Å². The molecule has 18 heavy (non-hydrogen) atoms. The number of ether oxygens (including phenoxy) is 1. The second-order valence-electron chi connectivity index (χ2n) is 3.77. The summed E-state index contributed by atoms with van der Waals surface area (Å²) >= 11 is 11.2. The number of para-hydroxylation sites is 1. The van der Waals surface area contributed by atoms with Gasteiger partial charge in [-0.2, -0.15) is 0 Å². The van der Waals surface area contributed by atoms with Crippen molar-refractivity contribution in [3.63, 3.8) is 0 Å². The van der Waals surface area contributed by atoms with E-state index in [1.807, 2.05) is 24.3 Å². The van der Waals surface area contributed by atoms with E-state index in [4.69, 9.17) is 27.9 Å². The fraction of sp³-hybridized carbons (Fsp3) is 0.333. The molecule has 0 aliphatic rings. The predicted molar refractivity (Wildman–Crippen MR) is 77.9 cm³/mol. The molecule has 1 nitrogen and oxygen atoms in total. The van der Waals surface area contributed by atoms with Crippen LogP contribution in [-0.2, 0) is 0 Å². The van der Waals surface area contributed by atoms with Crippen molar-refractivity contribution in [1.82, 2.24) is 0 Å². The van der Waals surface area contributed by atoms with Crippen LogP contribution in [-0.4, -0.2) is 0 Å². The van der Waals surface area contributed by atoms with Gasteiger partial charge in [-0.25, -0.2) is 0 Å². The Morgan fingerprint density at radius 3 is 2.83 bits per heavy atom. The van der Waals surface area contributed by atoms with E-state index in [9.17, 15) is 0 Å². The highest BCUT2D eigenvalue weighted by molar-refractivity contribution is 6.35. The molecule has 0 amide bonds. The SMILES string of the molecule is CCCCCC#Cc1ccccc1O/C(Cl)=C/Cl. The van der Waals surface area contributed by atoms with Crippen molar-refractivity contribution in [2.45, 2.75) is 32.6 Å². The molecule has 0 saturated carbocycles. The van der Waals surface area contributed by atoms with Crippen molar-refractivity contribution in [3.05, 3.63) is 40.6 Å². The normalized spacial score (nSPS) is 10.7. The Labute approximate surface area is 119 Å². The van der Waals surface area contributed by atoms with Crippen molar-refractivity contribution < 1.29 is 4.74 Å². The number of unbranched alkanes of at least 4 members (excludes halogenated alkanes) is 3. The summed E-state index contributed by atoms with van der Waals surface area (Å²) in [4.78, 5) is 0. The highest BCUT2D eigenvalue weighted by Crippen LogP contribution is 2.21. The molecule has 0 spiro atoms. The molecular formula is C15H16Cl2O. The van der Waals surface area contributed by atoms with E-state index in [2.05, 4.69) is 18.8 Å². The van der Waals surface area contributed by atoms with Crippen molar-refractivity contribution in [3.8, 4) is 17.6 Å². The first-order valence-corrected chi connectivity index (χ1v) is 6.81. The number of hydrogen-bond acceptors (Lipinski definition) is 1. The Morgan fingerprint density at radius 1 is 1.33 bits per heavy atom. The molecule has 0 radical (unpaired) electrons. The highest BCUT2D eigenvalue weighted by Gasteiger charge is 2.01. The zero-order valence-corrected chi connectivity index (χ0v) is 11.9. The summed E-state index contributed by atoms with van der Waals surface area (Å²) in [5, 5.41) is 0.136. The fourth-order valence-corrected chi connectivity index (χ4v) is 1.54. The van der Waals surface area contributed by atoms with Crippen LogP contribution in [0.3, 0.4) is 0 Å². The third kappa shape index (κ3) is 5.49. The third-order valence-electron chi connectivity index (χ3n) is 2.31. The molecular weight excluding hydrogens is 267 g/mol. The van der Waals surface area contributed by atoms with Gasteiger partial charge in [-0.3, -0.25) is 0 Å². The molecule has 0 bridgehead atoms. The maximum absolute atomic E-state index is 5.73. The van der Waals surface area contributed by atoms with E-state index >= 15 is 0 Å². The van der Waals surface area contributed by atoms with Crippen LogP contribution in [0.5, 0.6) is 5.75 Å². The largest absolute Gasteiger partial charge is 0.443 e. The van der Waals surface area contributed by atoms with Crippen LogP contribution in [0.2, 0.25) is 0 Å². The summed E-state index contributed by atoms with van der Waals surface area (Å²) in [7, 11) is 0. The van der Waals surface area contributed by atoms with Gasteiger partial charge in [-0.1, -0.05) is 55.3 Å². The van der Waals surface area contributed by atoms with E-state index in [0.717, 1.165) is 18.4 Å². The summed E-state index contributed by atoms with van der Waals surface area (Å²) in [6, 6.07) is 7.51. The Balaban J connectivity index is 2.70. The molecule has 0 N–H and O–H groups in total. The van der Waals surface area contributed by atoms with Gasteiger partial charge in [0, 0.05) is 6.42 Å². The maximum atomic E-state index is 5.73. The first kappa shape index (κ1) is 15.0. The van der Waals surface area contributed by atoms with Crippen LogP contribution in [0.1, 0.15) is 38.2 Å². The molecule has 3 heteroatoms. The fourth-order valence-electron chi connectivity index (χ4n) is 1.41. The second kappa shape index (κ2) is 8.91. The lowest BCUT2D eigenvalue weighted by Gasteiger charge is -2.04. The standard InChI is InChI=1S/C15H16Cl2O/c1-2-3-4-5-6-9-13-10-7-8-11-14(13)18-15(17)12-16/h7-8,10-12H,2-5H2,1H3/b15-12+. The molecule has 1 aromatic rings. The monoisotopic (exact) mass is 282 g/mol. The summed E-state index contributed by atoms with van der Waals surface area (Å²) in [6.45, 7) is 2.18. The summed E-state index contributed by atoms with van der Waals surface area (Å²) in [5.74, 6) is 6.87. The molecule has 0 unspecified atom stereocenters. The van der Waals surface area contributed by atoms with Crippen LogP contribution in [0.15, 0.2) is 35.0 Å². The maximum Gasteiger partial charge on any atom is 0.205 e. The average Bonchev–Trinajstić information content (AvgIpc) is 2.40. The number of hydrogen-bond donors (Lipinski definition) is 0. The molecule has 0 aromatic heterocycles. The second-order valence-corrected chi connectivity index (χ2v) is 4.36. The van der Waals surface area contributed by atoms with E-state index in [1.54, 1.807) is 0 Å². The minimum absolute atomic E-state index is 0.136. The molecule has 0 atom stereocenters. The number of rotatable bonds is 5. The van der Waals surface area contributed by atoms with Crippen LogP contribution in [0, 0.1) is 11.8 Å². The van der Waals surface area contributed by atoms with Gasteiger partial charge in [0.1, 0.15) is 5.75 Å². The van der Waals surface area contributed by atoms with Gasteiger partial charge in [0.05, 0.1) is 11.1 Å². The Bertz CT molecular complexity index is 455. The molecule has 0 fully saturated rings. The van der Waals surface area contributed by atoms with Gasteiger partial charge in [0.25, 0.3) is 0 Å². The third-order valence-corrected chi connectivity index (χ3v) is 2.80. The van der Waals surface area contributed by atoms with E-state index < -0.39 is 0 Å². The lowest BCUT2D eigenvalue weighted by Crippen LogP contribution is -1.90. The molecule has 1 aromatic carbocycles. The topological polar surface area (TPSA) is 9.23 Å². The van der Waals surface area contributed by atoms with Gasteiger partial charge in [0.15, 0.2) is 0 Å². The van der Waals surface area contributed by atoms with Crippen LogP contribution < -0.4 is 4.74 Å². The van der Waals surface area contributed by atoms with Gasteiger partial charge in [-0.15, -0.1) is 0 Å². The first-order valence-electron chi connectivity index (χ1n) is 5.99. The lowest BCUT2D eigenvalue weighted by atomic mass is 10.1. The van der Waals surface area contributed by atoms with Crippen molar-refractivity contribution in [2.75, 3.05) is 0 Å². The summed E-state index contributed by atoms with van der Waals surface area (Å²) in [5.41, 5.74) is 2.01. The molecule has 0 saturated heterocycles. The van der Waals surface area contributed by atoms with Crippen molar-refractivity contribution in [2.24, 2.45) is 0 Å². The van der Waals surface area contributed by atoms with E-state index in [-0.39, 0.29) is 5.22 Å².